The molecule has 1 aliphatic carbocycles. The quantitative estimate of drug-likeness (QED) is 0.847. The van der Waals surface area contributed by atoms with Crippen LogP contribution in [0.5, 0.6) is 0 Å². The third-order valence-corrected chi connectivity index (χ3v) is 4.20. The largest absolute Gasteiger partial charge is 0.384 e. The summed E-state index contributed by atoms with van der Waals surface area (Å²) in [5.74, 6) is 0.551. The van der Waals surface area contributed by atoms with Crippen molar-refractivity contribution in [1.82, 2.24) is 4.57 Å². The van der Waals surface area contributed by atoms with Gasteiger partial charge in [-0.25, -0.2) is 0 Å². The van der Waals surface area contributed by atoms with E-state index in [1.54, 1.807) is 0 Å². The lowest BCUT2D eigenvalue weighted by Crippen LogP contribution is -2.03. The Labute approximate surface area is 113 Å². The van der Waals surface area contributed by atoms with Crippen LogP contribution in [-0.2, 0) is 12.8 Å². The van der Waals surface area contributed by atoms with Gasteiger partial charge in [0.1, 0.15) is 11.9 Å². The smallest absolute Gasteiger partial charge is 0.126 e. The van der Waals surface area contributed by atoms with Gasteiger partial charge in [-0.3, -0.25) is 4.57 Å². The van der Waals surface area contributed by atoms with Crippen LogP contribution >= 0.6 is 0 Å². The minimum absolute atomic E-state index is 0.551. The molecule has 19 heavy (non-hydrogen) atoms. The minimum atomic E-state index is 0.551. The van der Waals surface area contributed by atoms with E-state index in [1.165, 1.54) is 24.0 Å². The number of rotatable bonds is 1. The highest BCUT2D eigenvalue weighted by Gasteiger charge is 2.18. The van der Waals surface area contributed by atoms with E-state index in [4.69, 9.17) is 5.73 Å². The van der Waals surface area contributed by atoms with Crippen molar-refractivity contribution in [3.05, 3.63) is 46.1 Å². The molecule has 0 unspecified atom stereocenters. The van der Waals surface area contributed by atoms with Crippen LogP contribution in [0.2, 0.25) is 0 Å². The number of anilines is 1. The van der Waals surface area contributed by atoms with E-state index in [0.717, 1.165) is 23.4 Å². The second-order valence-corrected chi connectivity index (χ2v) is 5.22. The highest BCUT2D eigenvalue weighted by molar-refractivity contribution is 5.62. The predicted molar refractivity (Wildman–Crippen MR) is 76.4 cm³/mol. The van der Waals surface area contributed by atoms with Crippen LogP contribution < -0.4 is 5.73 Å². The Morgan fingerprint density at radius 2 is 1.95 bits per heavy atom. The Morgan fingerprint density at radius 1 is 1.21 bits per heavy atom. The highest BCUT2D eigenvalue weighted by atomic mass is 15.1. The van der Waals surface area contributed by atoms with Crippen molar-refractivity contribution >= 4 is 5.82 Å². The van der Waals surface area contributed by atoms with E-state index in [0.29, 0.717) is 11.4 Å². The highest BCUT2D eigenvalue weighted by Crippen LogP contribution is 2.30. The molecule has 0 radical (unpaired) electrons. The van der Waals surface area contributed by atoms with Gasteiger partial charge in [0, 0.05) is 11.4 Å². The molecule has 96 valence electrons. The third kappa shape index (κ3) is 1.64. The number of nitrogens with zero attached hydrogens (tertiary/aromatic N) is 2. The van der Waals surface area contributed by atoms with Crippen LogP contribution in [-0.4, -0.2) is 4.57 Å². The number of aromatic nitrogens is 1. The number of nitriles is 1. The number of hydrogen-bond donors (Lipinski definition) is 1. The second kappa shape index (κ2) is 4.17. The van der Waals surface area contributed by atoms with E-state index >= 15 is 0 Å². The van der Waals surface area contributed by atoms with Gasteiger partial charge in [-0.2, -0.15) is 5.26 Å². The van der Waals surface area contributed by atoms with Gasteiger partial charge in [-0.1, -0.05) is 6.07 Å². The van der Waals surface area contributed by atoms with E-state index in [-0.39, 0.29) is 0 Å². The SMILES string of the molecule is Cc1c(C#N)c(N)n(-c2ccc3c(c2)CCC3)c1C. The van der Waals surface area contributed by atoms with Crippen LogP contribution in [0.15, 0.2) is 18.2 Å². The molecule has 0 bridgehead atoms. The van der Waals surface area contributed by atoms with E-state index in [9.17, 15) is 5.26 Å². The van der Waals surface area contributed by atoms with Gasteiger partial charge in [0.15, 0.2) is 0 Å². The lowest BCUT2D eigenvalue weighted by Gasteiger charge is -2.11. The molecular weight excluding hydrogens is 234 g/mol. The molecule has 0 aliphatic heterocycles. The molecule has 1 aliphatic rings. The molecule has 1 aromatic carbocycles. The zero-order chi connectivity index (χ0) is 13.6. The third-order valence-electron chi connectivity index (χ3n) is 4.20. The molecule has 0 saturated carbocycles. The zero-order valence-electron chi connectivity index (χ0n) is 11.3. The second-order valence-electron chi connectivity index (χ2n) is 5.22. The summed E-state index contributed by atoms with van der Waals surface area (Å²) in [4.78, 5) is 0. The van der Waals surface area contributed by atoms with Gasteiger partial charge in [-0.05, 0) is 61.9 Å². The normalized spacial score (nSPS) is 13.3. The summed E-state index contributed by atoms with van der Waals surface area (Å²) in [6.07, 6.45) is 3.56. The first-order valence-corrected chi connectivity index (χ1v) is 6.63. The number of hydrogen-bond acceptors (Lipinski definition) is 2. The summed E-state index contributed by atoms with van der Waals surface area (Å²) < 4.78 is 1.99. The number of aryl methyl sites for hydroxylation is 2. The summed E-state index contributed by atoms with van der Waals surface area (Å²) in [5.41, 5.74) is 12.7. The summed E-state index contributed by atoms with van der Waals surface area (Å²) in [7, 11) is 0. The van der Waals surface area contributed by atoms with Gasteiger partial charge in [0.2, 0.25) is 0 Å². The Balaban J connectivity index is 2.21. The number of nitrogen functional groups attached to an aromatic ring is 1. The fourth-order valence-electron chi connectivity index (χ4n) is 3.00. The van der Waals surface area contributed by atoms with E-state index in [1.807, 2.05) is 18.4 Å². The summed E-state index contributed by atoms with van der Waals surface area (Å²) >= 11 is 0. The molecule has 2 aromatic rings. The average Bonchev–Trinajstić information content (AvgIpc) is 2.94. The maximum Gasteiger partial charge on any atom is 0.126 e. The van der Waals surface area contributed by atoms with Crippen molar-refractivity contribution in [1.29, 1.82) is 5.26 Å². The maximum absolute atomic E-state index is 9.20. The van der Waals surface area contributed by atoms with Crippen LogP contribution in [0, 0.1) is 25.2 Å². The van der Waals surface area contributed by atoms with Gasteiger partial charge < -0.3 is 5.73 Å². The first-order chi connectivity index (χ1) is 9.13. The average molecular weight is 251 g/mol. The summed E-state index contributed by atoms with van der Waals surface area (Å²) in [6.45, 7) is 3.97. The lowest BCUT2D eigenvalue weighted by molar-refractivity contribution is 0.911. The topological polar surface area (TPSA) is 54.7 Å². The Kier molecular flexibility index (Phi) is 2.60. The maximum atomic E-state index is 9.20. The van der Waals surface area contributed by atoms with Crippen molar-refractivity contribution in [3.8, 4) is 11.8 Å². The standard InChI is InChI=1S/C16H17N3/c1-10-11(2)19(16(18)15(10)9-17)14-7-6-12-4-3-5-13(12)8-14/h6-8H,3-5,18H2,1-2H3. The molecule has 3 nitrogen and oxygen atoms in total. The first-order valence-electron chi connectivity index (χ1n) is 6.63. The van der Waals surface area contributed by atoms with Crippen molar-refractivity contribution in [3.63, 3.8) is 0 Å². The fourth-order valence-corrected chi connectivity index (χ4v) is 3.00. The van der Waals surface area contributed by atoms with E-state index < -0.39 is 0 Å². The molecule has 1 aromatic heterocycles. The van der Waals surface area contributed by atoms with Gasteiger partial charge in [0.25, 0.3) is 0 Å². The molecule has 2 N–H and O–H groups in total. The summed E-state index contributed by atoms with van der Waals surface area (Å²) in [6, 6.07) is 8.71. The Morgan fingerprint density at radius 3 is 2.63 bits per heavy atom. The number of nitrogens with two attached hydrogens (primary N) is 1. The van der Waals surface area contributed by atoms with Crippen molar-refractivity contribution in [2.24, 2.45) is 0 Å². The van der Waals surface area contributed by atoms with Gasteiger partial charge in [-0.15, -0.1) is 0 Å². The van der Waals surface area contributed by atoms with E-state index in [2.05, 4.69) is 24.3 Å². The van der Waals surface area contributed by atoms with Crippen LogP contribution in [0.1, 0.15) is 34.4 Å². The molecule has 0 amide bonds. The van der Waals surface area contributed by atoms with Crippen LogP contribution in [0.3, 0.4) is 0 Å². The summed E-state index contributed by atoms with van der Waals surface area (Å²) in [5, 5.41) is 9.20. The van der Waals surface area contributed by atoms with Crippen molar-refractivity contribution in [2.75, 3.05) is 5.73 Å². The monoisotopic (exact) mass is 251 g/mol. The van der Waals surface area contributed by atoms with Crippen molar-refractivity contribution < 1.29 is 0 Å². The van der Waals surface area contributed by atoms with Gasteiger partial charge >= 0.3 is 0 Å². The molecule has 0 fully saturated rings. The molecule has 3 rings (SSSR count). The Hall–Kier alpha value is -2.21. The molecule has 0 spiro atoms. The fraction of sp³-hybridized carbons (Fsp3) is 0.312. The molecule has 1 heterocycles. The minimum Gasteiger partial charge on any atom is -0.384 e. The van der Waals surface area contributed by atoms with Crippen LogP contribution in [0.25, 0.3) is 5.69 Å². The number of fused-ring (bicyclic) bond motifs is 1. The molecule has 3 heteroatoms. The van der Waals surface area contributed by atoms with Crippen molar-refractivity contribution in [2.45, 2.75) is 33.1 Å². The molecule has 0 atom stereocenters. The lowest BCUT2D eigenvalue weighted by atomic mass is 10.1. The molecule has 0 saturated heterocycles. The Bertz CT molecular complexity index is 702. The predicted octanol–water partition coefficient (Wildman–Crippen LogP) is 3.04. The van der Waals surface area contributed by atoms with Gasteiger partial charge in [0.05, 0.1) is 5.56 Å². The molecular formula is C16H17N3. The first kappa shape index (κ1) is 11.9. The number of benzene rings is 1. The zero-order valence-corrected chi connectivity index (χ0v) is 11.3. The van der Waals surface area contributed by atoms with Crippen LogP contribution in [0.4, 0.5) is 5.82 Å².